The van der Waals surface area contributed by atoms with Crippen LogP contribution in [0, 0.1) is 0 Å². The Morgan fingerprint density at radius 3 is 2.03 bits per heavy atom. The van der Waals surface area contributed by atoms with Gasteiger partial charge in [-0.25, -0.2) is 9.97 Å². The number of nitrogens with zero attached hydrogens (tertiary/aromatic N) is 4. The van der Waals surface area contributed by atoms with Gasteiger partial charge in [0.15, 0.2) is 0 Å². The van der Waals surface area contributed by atoms with Crippen LogP contribution < -0.4 is 5.32 Å². The lowest BCUT2D eigenvalue weighted by Crippen LogP contribution is -2.48. The van der Waals surface area contributed by atoms with Crippen LogP contribution in [0.2, 0.25) is 0 Å². The van der Waals surface area contributed by atoms with Gasteiger partial charge in [0.25, 0.3) is 5.91 Å². The summed E-state index contributed by atoms with van der Waals surface area (Å²) in [6, 6.07) is 6.33. The fourth-order valence-electron chi connectivity index (χ4n) is 3.52. The summed E-state index contributed by atoms with van der Waals surface area (Å²) in [5.74, 6) is 1.10. The Kier molecular flexibility index (Phi) is 6.46. The number of amides is 2. The minimum absolute atomic E-state index is 0.104. The predicted molar refractivity (Wildman–Crippen MR) is 113 cm³/mol. The molecule has 0 aliphatic carbocycles. The van der Waals surface area contributed by atoms with E-state index in [0.717, 1.165) is 12.1 Å². The third kappa shape index (κ3) is 4.72. The zero-order chi connectivity index (χ0) is 21.0. The monoisotopic (exact) mass is 395 g/mol. The zero-order valence-electron chi connectivity index (χ0n) is 17.6. The molecule has 1 saturated heterocycles. The van der Waals surface area contributed by atoms with Crippen molar-refractivity contribution < 1.29 is 9.59 Å². The molecule has 0 radical (unpaired) electrons. The van der Waals surface area contributed by atoms with Gasteiger partial charge < -0.3 is 15.1 Å². The number of carbonyl (C=O) groups excluding carboxylic acids is 2. The van der Waals surface area contributed by atoms with Gasteiger partial charge in [-0.3, -0.25) is 9.59 Å². The Bertz CT molecular complexity index is 830. The van der Waals surface area contributed by atoms with Crippen molar-refractivity contribution in [2.24, 2.45) is 0 Å². The van der Waals surface area contributed by atoms with E-state index in [2.05, 4.69) is 61.2 Å². The molecule has 0 bridgehead atoms. The number of carbonyl (C=O) groups is 2. The lowest BCUT2D eigenvalue weighted by Gasteiger charge is -2.32. The van der Waals surface area contributed by atoms with Crippen molar-refractivity contribution in [1.82, 2.24) is 19.8 Å². The first-order chi connectivity index (χ1) is 13.9. The number of para-hydroxylation sites is 1. The summed E-state index contributed by atoms with van der Waals surface area (Å²) >= 11 is 0. The number of nitrogens with one attached hydrogen (secondary N) is 1. The Hall–Kier alpha value is -2.96. The average Bonchev–Trinajstić information content (AvgIpc) is 2.73. The second-order valence-electron chi connectivity index (χ2n) is 7.97. The fraction of sp³-hybridized carbons (Fsp3) is 0.455. The first kappa shape index (κ1) is 20.8. The van der Waals surface area contributed by atoms with E-state index in [9.17, 15) is 9.59 Å². The minimum Gasteiger partial charge on any atom is -0.342 e. The summed E-state index contributed by atoms with van der Waals surface area (Å²) in [6.45, 7) is 10.8. The van der Waals surface area contributed by atoms with Crippen LogP contribution in [0.3, 0.4) is 0 Å². The maximum Gasteiger partial charge on any atom is 0.257 e. The van der Waals surface area contributed by atoms with Crippen molar-refractivity contribution in [3.05, 3.63) is 47.3 Å². The molecule has 29 heavy (non-hydrogen) atoms. The Labute approximate surface area is 172 Å². The van der Waals surface area contributed by atoms with Gasteiger partial charge >= 0.3 is 0 Å². The number of benzene rings is 1. The van der Waals surface area contributed by atoms with Gasteiger partial charge in [0.1, 0.15) is 0 Å². The van der Waals surface area contributed by atoms with Crippen molar-refractivity contribution in [2.45, 2.75) is 39.5 Å². The summed E-state index contributed by atoms with van der Waals surface area (Å²) < 4.78 is 0. The fourth-order valence-corrected chi connectivity index (χ4v) is 3.52. The molecule has 7 nitrogen and oxygen atoms in total. The van der Waals surface area contributed by atoms with E-state index in [0.29, 0.717) is 49.5 Å². The molecule has 1 N–H and O–H groups in total. The third-order valence-electron chi connectivity index (χ3n) is 5.26. The van der Waals surface area contributed by atoms with Crippen molar-refractivity contribution in [3.63, 3.8) is 0 Å². The number of aromatic nitrogens is 2. The van der Waals surface area contributed by atoms with E-state index in [1.54, 1.807) is 22.2 Å². The summed E-state index contributed by atoms with van der Waals surface area (Å²) in [6.07, 6.45) is 3.96. The predicted octanol–water partition coefficient (Wildman–Crippen LogP) is 3.38. The van der Waals surface area contributed by atoms with E-state index in [1.807, 2.05) is 0 Å². The van der Waals surface area contributed by atoms with Crippen molar-refractivity contribution in [1.29, 1.82) is 0 Å². The maximum absolute atomic E-state index is 12.7. The largest absolute Gasteiger partial charge is 0.342 e. The van der Waals surface area contributed by atoms with Crippen molar-refractivity contribution in [2.75, 3.05) is 31.5 Å². The SMILES string of the molecule is CC(C)c1cccc(C(C)C)c1Nc1ncc(C(=O)N2CCN(C=O)CC2)cn1. The van der Waals surface area contributed by atoms with E-state index in [4.69, 9.17) is 0 Å². The Morgan fingerprint density at radius 2 is 1.55 bits per heavy atom. The van der Waals surface area contributed by atoms with Gasteiger partial charge in [-0.1, -0.05) is 45.9 Å². The van der Waals surface area contributed by atoms with E-state index in [1.165, 1.54) is 11.1 Å². The molecule has 2 heterocycles. The molecule has 1 aliphatic heterocycles. The van der Waals surface area contributed by atoms with Crippen LogP contribution in [-0.2, 0) is 4.79 Å². The van der Waals surface area contributed by atoms with Crippen LogP contribution in [0.1, 0.15) is 61.0 Å². The third-order valence-corrected chi connectivity index (χ3v) is 5.26. The zero-order valence-corrected chi connectivity index (χ0v) is 17.6. The molecule has 3 rings (SSSR count). The Morgan fingerprint density at radius 1 is 1.00 bits per heavy atom. The highest BCUT2D eigenvalue weighted by molar-refractivity contribution is 5.93. The smallest absolute Gasteiger partial charge is 0.257 e. The number of hydrogen-bond acceptors (Lipinski definition) is 5. The minimum atomic E-state index is -0.104. The summed E-state index contributed by atoms with van der Waals surface area (Å²) in [5, 5.41) is 3.37. The molecule has 1 aliphatic rings. The molecule has 0 unspecified atom stereocenters. The summed E-state index contributed by atoms with van der Waals surface area (Å²) in [5.41, 5.74) is 3.93. The van der Waals surface area contributed by atoms with E-state index < -0.39 is 0 Å². The van der Waals surface area contributed by atoms with E-state index in [-0.39, 0.29) is 5.91 Å². The number of rotatable bonds is 6. The van der Waals surface area contributed by atoms with E-state index >= 15 is 0 Å². The number of anilines is 2. The molecule has 2 amide bonds. The molecule has 1 aromatic heterocycles. The average molecular weight is 396 g/mol. The van der Waals surface area contributed by atoms with Gasteiger partial charge in [0.2, 0.25) is 12.4 Å². The molecule has 154 valence electrons. The van der Waals surface area contributed by atoms with Gasteiger partial charge in [-0.05, 0) is 23.0 Å². The Balaban J connectivity index is 1.76. The highest BCUT2D eigenvalue weighted by Gasteiger charge is 2.22. The van der Waals surface area contributed by atoms with Crippen LogP contribution in [0.4, 0.5) is 11.6 Å². The van der Waals surface area contributed by atoms with Crippen LogP contribution >= 0.6 is 0 Å². The van der Waals surface area contributed by atoms with Crippen molar-refractivity contribution >= 4 is 24.0 Å². The quantitative estimate of drug-likeness (QED) is 0.759. The topological polar surface area (TPSA) is 78.4 Å². The molecule has 0 atom stereocenters. The van der Waals surface area contributed by atoms with Crippen LogP contribution in [0.15, 0.2) is 30.6 Å². The molecule has 1 aromatic carbocycles. The molecule has 1 fully saturated rings. The van der Waals surface area contributed by atoms with Crippen LogP contribution in [0.5, 0.6) is 0 Å². The van der Waals surface area contributed by atoms with Gasteiger partial charge in [0.05, 0.1) is 5.56 Å². The van der Waals surface area contributed by atoms with Crippen LogP contribution in [-0.4, -0.2) is 58.3 Å². The van der Waals surface area contributed by atoms with Gasteiger partial charge in [-0.15, -0.1) is 0 Å². The molecular formula is C22H29N5O2. The van der Waals surface area contributed by atoms with Crippen molar-refractivity contribution in [3.8, 4) is 0 Å². The molecule has 0 saturated carbocycles. The first-order valence-corrected chi connectivity index (χ1v) is 10.1. The van der Waals surface area contributed by atoms with Gasteiger partial charge in [-0.2, -0.15) is 0 Å². The number of hydrogen-bond donors (Lipinski definition) is 1. The molecular weight excluding hydrogens is 366 g/mol. The maximum atomic E-state index is 12.7. The van der Waals surface area contributed by atoms with Gasteiger partial charge in [0, 0.05) is 44.3 Å². The highest BCUT2D eigenvalue weighted by Crippen LogP contribution is 2.33. The standard InChI is InChI=1S/C22H29N5O2/c1-15(2)18-6-5-7-19(16(3)4)20(18)25-22-23-12-17(13-24-22)21(29)27-10-8-26(14-28)9-11-27/h5-7,12-16H,8-11H2,1-4H3,(H,23,24,25). The first-order valence-electron chi connectivity index (χ1n) is 10.1. The second kappa shape index (κ2) is 9.03. The highest BCUT2D eigenvalue weighted by atomic mass is 16.2. The summed E-state index contributed by atoms with van der Waals surface area (Å²) in [4.78, 5) is 35.7. The summed E-state index contributed by atoms with van der Waals surface area (Å²) in [7, 11) is 0. The second-order valence-corrected chi connectivity index (χ2v) is 7.97. The molecule has 2 aromatic rings. The molecule has 7 heteroatoms. The lowest BCUT2D eigenvalue weighted by molar-refractivity contribution is -0.119. The normalized spacial score (nSPS) is 14.4. The lowest BCUT2D eigenvalue weighted by atomic mass is 9.93. The van der Waals surface area contributed by atoms with Crippen LogP contribution in [0.25, 0.3) is 0 Å². The number of piperazine rings is 1. The molecule has 0 spiro atoms.